The number of rotatable bonds is 5. The van der Waals surface area contributed by atoms with Crippen molar-refractivity contribution in [2.24, 2.45) is 0 Å². The lowest BCUT2D eigenvalue weighted by Crippen LogP contribution is -2.42. The van der Waals surface area contributed by atoms with E-state index in [-0.39, 0.29) is 6.04 Å². The summed E-state index contributed by atoms with van der Waals surface area (Å²) in [5, 5.41) is 0. The smallest absolute Gasteiger partial charge is 0.149 e. The van der Waals surface area contributed by atoms with Crippen molar-refractivity contribution in [2.45, 2.75) is 38.3 Å². The van der Waals surface area contributed by atoms with Crippen molar-refractivity contribution < 1.29 is 4.79 Å². The van der Waals surface area contributed by atoms with E-state index in [0.717, 1.165) is 32.4 Å². The van der Waals surface area contributed by atoms with Crippen molar-refractivity contribution in [1.82, 2.24) is 4.90 Å². The van der Waals surface area contributed by atoms with Gasteiger partial charge < -0.3 is 0 Å². The van der Waals surface area contributed by atoms with Crippen LogP contribution in [-0.2, 0) is 11.3 Å². The Balaban J connectivity index is 2.07. The van der Waals surface area contributed by atoms with Crippen molar-refractivity contribution >= 4 is 5.78 Å². The van der Waals surface area contributed by atoms with E-state index in [1.165, 1.54) is 12.0 Å². The summed E-state index contributed by atoms with van der Waals surface area (Å²) in [6, 6.07) is 10.4. The first-order chi connectivity index (χ1) is 8.81. The van der Waals surface area contributed by atoms with Crippen molar-refractivity contribution in [1.29, 1.82) is 0 Å². The van der Waals surface area contributed by atoms with Gasteiger partial charge in [0, 0.05) is 19.5 Å². The van der Waals surface area contributed by atoms with Gasteiger partial charge in [-0.15, -0.1) is 6.58 Å². The maximum Gasteiger partial charge on any atom is 0.149 e. The van der Waals surface area contributed by atoms with E-state index in [1.54, 1.807) is 0 Å². The second-order valence-corrected chi connectivity index (χ2v) is 4.93. The summed E-state index contributed by atoms with van der Waals surface area (Å²) < 4.78 is 0. The minimum atomic E-state index is 0.0944. The van der Waals surface area contributed by atoms with Crippen LogP contribution >= 0.6 is 0 Å². The number of Topliss-reactive ketones (excluding diaryl/α,β-unsaturated/α-hetero) is 1. The third-order valence-corrected chi connectivity index (χ3v) is 3.56. The molecule has 2 heteroatoms. The molecule has 0 aliphatic heterocycles. The zero-order valence-corrected chi connectivity index (χ0v) is 10.8. The molecule has 1 aromatic rings. The molecule has 0 bridgehead atoms. The van der Waals surface area contributed by atoms with E-state index >= 15 is 0 Å². The Bertz CT molecular complexity index is 399. The quantitative estimate of drug-likeness (QED) is 0.740. The molecule has 1 aliphatic carbocycles. The topological polar surface area (TPSA) is 20.3 Å². The van der Waals surface area contributed by atoms with E-state index in [0.29, 0.717) is 5.78 Å². The van der Waals surface area contributed by atoms with Crippen LogP contribution in [0.3, 0.4) is 0 Å². The first kappa shape index (κ1) is 13.0. The van der Waals surface area contributed by atoms with Crippen molar-refractivity contribution in [2.75, 3.05) is 6.54 Å². The molecule has 0 N–H and O–H groups in total. The van der Waals surface area contributed by atoms with E-state index in [9.17, 15) is 4.79 Å². The minimum Gasteiger partial charge on any atom is -0.298 e. The first-order valence-corrected chi connectivity index (χ1v) is 6.73. The predicted octanol–water partition coefficient (Wildman–Crippen LogP) is 3.19. The van der Waals surface area contributed by atoms with Gasteiger partial charge in [-0.2, -0.15) is 0 Å². The Morgan fingerprint density at radius 2 is 2.06 bits per heavy atom. The number of carbonyl (C=O) groups is 1. The van der Waals surface area contributed by atoms with Gasteiger partial charge in [0.25, 0.3) is 0 Å². The fourth-order valence-electron chi connectivity index (χ4n) is 2.64. The molecule has 96 valence electrons. The normalized spacial score (nSPS) is 20.1. The fourth-order valence-corrected chi connectivity index (χ4v) is 2.64. The van der Waals surface area contributed by atoms with Gasteiger partial charge in [-0.25, -0.2) is 0 Å². The highest BCUT2D eigenvalue weighted by molar-refractivity contribution is 5.84. The summed E-state index contributed by atoms with van der Waals surface area (Å²) >= 11 is 0. The van der Waals surface area contributed by atoms with Gasteiger partial charge in [0.1, 0.15) is 5.78 Å². The Morgan fingerprint density at radius 1 is 1.28 bits per heavy atom. The summed E-state index contributed by atoms with van der Waals surface area (Å²) in [4.78, 5) is 14.3. The molecule has 18 heavy (non-hydrogen) atoms. The lowest BCUT2D eigenvalue weighted by molar-refractivity contribution is -0.126. The Labute approximate surface area is 109 Å². The average Bonchev–Trinajstić information content (AvgIpc) is 2.40. The molecule has 1 aromatic carbocycles. The van der Waals surface area contributed by atoms with Crippen LogP contribution in [0.5, 0.6) is 0 Å². The van der Waals surface area contributed by atoms with Crippen molar-refractivity contribution in [3.05, 3.63) is 48.6 Å². The maximum atomic E-state index is 12.0. The van der Waals surface area contributed by atoms with Crippen LogP contribution in [0, 0.1) is 0 Å². The largest absolute Gasteiger partial charge is 0.298 e. The molecule has 2 nitrogen and oxygen atoms in total. The highest BCUT2D eigenvalue weighted by Gasteiger charge is 2.27. The Morgan fingerprint density at radius 3 is 2.72 bits per heavy atom. The second kappa shape index (κ2) is 6.50. The molecule has 1 unspecified atom stereocenters. The van der Waals surface area contributed by atoms with E-state index in [2.05, 4.69) is 23.6 Å². The van der Waals surface area contributed by atoms with Crippen LogP contribution in [0.25, 0.3) is 0 Å². The van der Waals surface area contributed by atoms with E-state index < -0.39 is 0 Å². The van der Waals surface area contributed by atoms with Gasteiger partial charge in [0.05, 0.1) is 6.04 Å². The molecule has 0 saturated heterocycles. The SMILES string of the molecule is C=CCN(Cc1ccccc1)C1CCCCC1=O. The standard InChI is InChI=1S/C16H21NO/c1-2-12-17(13-14-8-4-3-5-9-14)15-10-6-7-11-16(15)18/h2-5,8-9,15H,1,6-7,10-13H2. The molecule has 0 aromatic heterocycles. The molecule has 1 atom stereocenters. The van der Waals surface area contributed by atoms with Gasteiger partial charge in [-0.05, 0) is 18.4 Å². The van der Waals surface area contributed by atoms with Crippen LogP contribution in [0.15, 0.2) is 43.0 Å². The Kier molecular flexibility index (Phi) is 4.71. The summed E-state index contributed by atoms with van der Waals surface area (Å²) in [5.41, 5.74) is 1.26. The zero-order chi connectivity index (χ0) is 12.8. The number of hydrogen-bond donors (Lipinski definition) is 0. The van der Waals surface area contributed by atoms with Gasteiger partial charge in [0.2, 0.25) is 0 Å². The highest BCUT2D eigenvalue weighted by atomic mass is 16.1. The average molecular weight is 243 g/mol. The van der Waals surface area contributed by atoms with Crippen molar-refractivity contribution in [3.8, 4) is 0 Å². The third-order valence-electron chi connectivity index (χ3n) is 3.56. The Hall–Kier alpha value is -1.41. The molecular weight excluding hydrogens is 222 g/mol. The van der Waals surface area contributed by atoms with Crippen LogP contribution in [0.4, 0.5) is 0 Å². The van der Waals surface area contributed by atoms with Crippen LogP contribution in [-0.4, -0.2) is 23.3 Å². The lowest BCUT2D eigenvalue weighted by atomic mass is 9.92. The monoisotopic (exact) mass is 243 g/mol. The molecule has 0 amide bonds. The number of nitrogens with zero attached hydrogens (tertiary/aromatic N) is 1. The molecule has 0 spiro atoms. The van der Waals surface area contributed by atoms with Crippen molar-refractivity contribution in [3.63, 3.8) is 0 Å². The molecule has 1 aliphatic rings. The van der Waals surface area contributed by atoms with Gasteiger partial charge in [-0.1, -0.05) is 42.8 Å². The van der Waals surface area contributed by atoms with Crippen LogP contribution < -0.4 is 0 Å². The summed E-state index contributed by atoms with van der Waals surface area (Å²) in [7, 11) is 0. The lowest BCUT2D eigenvalue weighted by Gasteiger charge is -2.32. The minimum absolute atomic E-state index is 0.0944. The fraction of sp³-hybridized carbons (Fsp3) is 0.438. The number of carbonyl (C=O) groups excluding carboxylic acids is 1. The third kappa shape index (κ3) is 3.30. The number of hydrogen-bond acceptors (Lipinski definition) is 2. The van der Waals surface area contributed by atoms with Gasteiger partial charge in [0.15, 0.2) is 0 Å². The first-order valence-electron chi connectivity index (χ1n) is 6.73. The number of benzene rings is 1. The van der Waals surface area contributed by atoms with Crippen LogP contribution in [0.1, 0.15) is 31.2 Å². The van der Waals surface area contributed by atoms with Crippen LogP contribution in [0.2, 0.25) is 0 Å². The molecule has 1 saturated carbocycles. The molecule has 2 rings (SSSR count). The summed E-state index contributed by atoms with van der Waals surface area (Å²) in [5.74, 6) is 0.402. The molecule has 1 fully saturated rings. The zero-order valence-electron chi connectivity index (χ0n) is 10.8. The summed E-state index contributed by atoms with van der Waals surface area (Å²) in [6.45, 7) is 5.43. The summed E-state index contributed by atoms with van der Waals surface area (Å²) in [6.07, 6.45) is 5.86. The second-order valence-electron chi connectivity index (χ2n) is 4.93. The maximum absolute atomic E-state index is 12.0. The van der Waals surface area contributed by atoms with Gasteiger partial charge >= 0.3 is 0 Å². The van der Waals surface area contributed by atoms with E-state index in [4.69, 9.17) is 0 Å². The van der Waals surface area contributed by atoms with E-state index in [1.807, 2.05) is 24.3 Å². The molecule has 0 radical (unpaired) electrons. The number of ketones is 1. The molecule has 0 heterocycles. The highest BCUT2D eigenvalue weighted by Crippen LogP contribution is 2.21. The van der Waals surface area contributed by atoms with Gasteiger partial charge in [-0.3, -0.25) is 9.69 Å². The molecular formula is C16H21NO. The predicted molar refractivity (Wildman–Crippen MR) is 74.3 cm³/mol.